The smallest absolute Gasteiger partial charge is 0.150 e. The molecule has 2 aromatic heterocycles. The minimum atomic E-state index is -1.18. The molecular weight excluding hydrogens is 308 g/mol. The molecule has 3 nitrogen and oxygen atoms in total. The fourth-order valence-corrected chi connectivity index (χ4v) is 4.06. The highest BCUT2D eigenvalue weighted by Gasteiger charge is 2.10. The molecule has 2 aromatic rings. The Morgan fingerprint density at radius 1 is 1.44 bits per heavy atom. The highest BCUT2D eigenvalue weighted by atomic mass is 79.9. The third-order valence-corrected chi connectivity index (χ3v) is 5.07. The molecule has 0 bridgehead atoms. The van der Waals surface area contributed by atoms with Crippen LogP contribution < -0.4 is 5.73 Å². The first-order valence-corrected chi connectivity index (χ1v) is 7.43. The number of thiophene rings is 1. The zero-order valence-electron chi connectivity index (χ0n) is 8.22. The number of anilines is 1. The van der Waals surface area contributed by atoms with Crippen molar-refractivity contribution in [3.8, 4) is 0 Å². The first-order chi connectivity index (χ1) is 7.66. The fraction of sp³-hybridized carbons (Fsp3) is 0.100. The minimum Gasteiger partial charge on any atom is -0.396 e. The zero-order chi connectivity index (χ0) is 11.5. The number of pyridine rings is 1. The van der Waals surface area contributed by atoms with Crippen molar-refractivity contribution in [2.45, 2.75) is 10.8 Å². The molecule has 0 amide bonds. The fourth-order valence-electron chi connectivity index (χ4n) is 1.22. The summed E-state index contributed by atoms with van der Waals surface area (Å²) in [5.74, 6) is 0.456. The summed E-state index contributed by atoms with van der Waals surface area (Å²) in [6.07, 6.45) is 1.61. The van der Waals surface area contributed by atoms with Gasteiger partial charge in [-0.2, -0.15) is 0 Å². The van der Waals surface area contributed by atoms with Crippen LogP contribution in [0.1, 0.15) is 4.88 Å². The summed E-state index contributed by atoms with van der Waals surface area (Å²) >= 11 is 4.94. The van der Waals surface area contributed by atoms with E-state index in [1.54, 1.807) is 29.7 Å². The molecule has 0 fully saturated rings. The number of halogens is 1. The average Bonchev–Trinajstić information content (AvgIpc) is 2.64. The van der Waals surface area contributed by atoms with Gasteiger partial charge in [-0.3, -0.25) is 4.21 Å². The predicted octanol–water partition coefficient (Wildman–Crippen LogP) is 2.80. The van der Waals surface area contributed by atoms with Gasteiger partial charge < -0.3 is 5.73 Å². The lowest BCUT2D eigenvalue weighted by atomic mass is 10.4. The third-order valence-electron chi connectivity index (χ3n) is 1.92. The van der Waals surface area contributed by atoms with E-state index in [0.29, 0.717) is 16.5 Å². The van der Waals surface area contributed by atoms with Crippen LogP contribution in [0, 0.1) is 0 Å². The quantitative estimate of drug-likeness (QED) is 0.947. The van der Waals surface area contributed by atoms with E-state index in [0.717, 1.165) is 8.66 Å². The largest absolute Gasteiger partial charge is 0.396 e. The first-order valence-electron chi connectivity index (χ1n) is 4.50. The molecule has 0 spiro atoms. The summed E-state index contributed by atoms with van der Waals surface area (Å²) in [6, 6.07) is 7.34. The standard InChI is InChI=1S/C10H9BrN2OS2/c11-9-4-3-7(15-9)6-16(14)10-8(12)2-1-5-13-10/h1-5H,6,12H2. The van der Waals surface area contributed by atoms with Gasteiger partial charge in [-0.25, -0.2) is 4.98 Å². The number of rotatable bonds is 3. The van der Waals surface area contributed by atoms with E-state index in [1.165, 1.54) is 0 Å². The Kier molecular flexibility index (Phi) is 3.73. The van der Waals surface area contributed by atoms with Gasteiger partial charge >= 0.3 is 0 Å². The zero-order valence-corrected chi connectivity index (χ0v) is 11.4. The number of hydrogen-bond donors (Lipinski definition) is 1. The van der Waals surface area contributed by atoms with Crippen molar-refractivity contribution in [2.24, 2.45) is 0 Å². The van der Waals surface area contributed by atoms with Crippen molar-refractivity contribution >= 4 is 43.8 Å². The summed E-state index contributed by atoms with van der Waals surface area (Å²) in [7, 11) is -1.18. The van der Waals surface area contributed by atoms with Crippen LogP contribution in [-0.4, -0.2) is 9.19 Å². The van der Waals surface area contributed by atoms with Crippen molar-refractivity contribution in [1.82, 2.24) is 4.98 Å². The SMILES string of the molecule is Nc1cccnc1S(=O)Cc1ccc(Br)s1. The molecule has 0 aliphatic rings. The molecule has 0 saturated carbocycles. The van der Waals surface area contributed by atoms with Crippen LogP contribution in [0.2, 0.25) is 0 Å². The molecule has 0 radical (unpaired) electrons. The second-order valence-corrected chi connectivity index (χ2v) is 7.01. The van der Waals surface area contributed by atoms with Crippen LogP contribution in [-0.2, 0) is 16.6 Å². The van der Waals surface area contributed by atoms with Gasteiger partial charge in [-0.05, 0) is 40.2 Å². The van der Waals surface area contributed by atoms with Crippen LogP contribution in [0.3, 0.4) is 0 Å². The van der Waals surface area contributed by atoms with Crippen LogP contribution in [0.5, 0.6) is 0 Å². The summed E-state index contributed by atoms with van der Waals surface area (Å²) in [5.41, 5.74) is 6.20. The van der Waals surface area contributed by atoms with Crippen molar-refractivity contribution in [1.29, 1.82) is 0 Å². The highest BCUT2D eigenvalue weighted by molar-refractivity contribution is 9.11. The number of nitrogens with zero attached hydrogens (tertiary/aromatic N) is 1. The van der Waals surface area contributed by atoms with Gasteiger partial charge in [0.2, 0.25) is 0 Å². The Balaban J connectivity index is 2.18. The molecule has 1 unspecified atom stereocenters. The molecule has 0 aliphatic heterocycles. The molecule has 0 aliphatic carbocycles. The van der Waals surface area contributed by atoms with Crippen LogP contribution >= 0.6 is 27.3 Å². The predicted molar refractivity (Wildman–Crippen MR) is 70.8 cm³/mol. The maximum Gasteiger partial charge on any atom is 0.150 e. The summed E-state index contributed by atoms with van der Waals surface area (Å²) in [4.78, 5) is 5.10. The first kappa shape index (κ1) is 11.8. The molecule has 2 N–H and O–H groups in total. The topological polar surface area (TPSA) is 56.0 Å². The monoisotopic (exact) mass is 316 g/mol. The molecule has 84 valence electrons. The lowest BCUT2D eigenvalue weighted by molar-refractivity contribution is 0.680. The average molecular weight is 317 g/mol. The van der Waals surface area contributed by atoms with Crippen molar-refractivity contribution < 1.29 is 4.21 Å². The van der Waals surface area contributed by atoms with E-state index in [1.807, 2.05) is 12.1 Å². The second-order valence-electron chi connectivity index (χ2n) is 3.09. The van der Waals surface area contributed by atoms with E-state index < -0.39 is 10.8 Å². The Morgan fingerprint density at radius 3 is 2.88 bits per heavy atom. The molecule has 1 atom stereocenters. The molecule has 16 heavy (non-hydrogen) atoms. The van der Waals surface area contributed by atoms with Gasteiger partial charge in [-0.15, -0.1) is 11.3 Å². The Morgan fingerprint density at radius 2 is 2.25 bits per heavy atom. The molecule has 2 rings (SSSR count). The minimum absolute atomic E-state index is 0.456. The molecule has 6 heteroatoms. The normalized spacial score (nSPS) is 12.6. The number of nitrogen functional groups attached to an aromatic ring is 1. The van der Waals surface area contributed by atoms with Crippen LogP contribution in [0.15, 0.2) is 39.3 Å². The Bertz CT molecular complexity index is 527. The van der Waals surface area contributed by atoms with Gasteiger partial charge in [0.1, 0.15) is 5.03 Å². The maximum absolute atomic E-state index is 12.0. The molecule has 0 aromatic carbocycles. The number of nitrogens with two attached hydrogens (primary N) is 1. The summed E-state index contributed by atoms with van der Waals surface area (Å²) < 4.78 is 13.0. The molecular formula is C10H9BrN2OS2. The van der Waals surface area contributed by atoms with Crippen molar-refractivity contribution in [3.05, 3.63) is 39.1 Å². The summed E-state index contributed by atoms with van der Waals surface area (Å²) in [5, 5.41) is 0.465. The van der Waals surface area contributed by atoms with Gasteiger partial charge in [0.25, 0.3) is 0 Å². The van der Waals surface area contributed by atoms with Crippen LogP contribution in [0.4, 0.5) is 5.69 Å². The third kappa shape index (κ3) is 2.69. The number of hydrogen-bond acceptors (Lipinski definition) is 4. The van der Waals surface area contributed by atoms with Gasteiger partial charge in [0, 0.05) is 11.1 Å². The highest BCUT2D eigenvalue weighted by Crippen LogP contribution is 2.25. The Hall–Kier alpha value is -0.720. The number of aromatic nitrogens is 1. The summed E-state index contributed by atoms with van der Waals surface area (Å²) in [6.45, 7) is 0. The van der Waals surface area contributed by atoms with E-state index in [4.69, 9.17) is 5.73 Å². The lowest BCUT2D eigenvalue weighted by Gasteiger charge is -2.02. The Labute approximate surface area is 108 Å². The van der Waals surface area contributed by atoms with Crippen molar-refractivity contribution in [2.75, 3.05) is 5.73 Å². The molecule has 0 saturated heterocycles. The van der Waals surface area contributed by atoms with Gasteiger partial charge in [0.15, 0.2) is 0 Å². The van der Waals surface area contributed by atoms with E-state index in [2.05, 4.69) is 20.9 Å². The van der Waals surface area contributed by atoms with Crippen LogP contribution in [0.25, 0.3) is 0 Å². The second kappa shape index (κ2) is 5.07. The van der Waals surface area contributed by atoms with E-state index in [-0.39, 0.29) is 0 Å². The molecule has 2 heterocycles. The van der Waals surface area contributed by atoms with Gasteiger partial charge in [0.05, 0.1) is 26.0 Å². The van der Waals surface area contributed by atoms with Crippen molar-refractivity contribution in [3.63, 3.8) is 0 Å². The van der Waals surface area contributed by atoms with E-state index >= 15 is 0 Å². The lowest BCUT2D eigenvalue weighted by Crippen LogP contribution is -2.02. The van der Waals surface area contributed by atoms with Gasteiger partial charge in [-0.1, -0.05) is 0 Å². The maximum atomic E-state index is 12.0. The van der Waals surface area contributed by atoms with E-state index in [9.17, 15) is 4.21 Å².